The molecule has 1 aliphatic rings. The molecule has 0 bridgehead atoms. The number of aryl methyl sites for hydroxylation is 2. The molecule has 2 N–H and O–H groups in total. The highest BCUT2D eigenvalue weighted by Gasteiger charge is 2.18. The van der Waals surface area contributed by atoms with Gasteiger partial charge in [0.05, 0.1) is 11.6 Å². The van der Waals surface area contributed by atoms with Crippen molar-refractivity contribution in [3.63, 3.8) is 0 Å². The number of hydrogen-bond donors (Lipinski definition) is 2. The molecule has 27 heavy (non-hydrogen) atoms. The molecule has 3 rings (SSSR count). The SMILES string of the molecule is Cc1ccc(Cl)c(OCC(=O)NNC(=O)CN2CCCc3ccccc32)c1. The molecule has 0 radical (unpaired) electrons. The molecule has 1 aliphatic heterocycles. The van der Waals surface area contributed by atoms with Crippen LogP contribution >= 0.6 is 11.6 Å². The van der Waals surface area contributed by atoms with E-state index in [0.29, 0.717) is 10.8 Å². The zero-order valence-corrected chi connectivity index (χ0v) is 15.9. The summed E-state index contributed by atoms with van der Waals surface area (Å²) in [5.74, 6) is -0.309. The highest BCUT2D eigenvalue weighted by atomic mass is 35.5. The van der Waals surface area contributed by atoms with Crippen molar-refractivity contribution in [1.29, 1.82) is 0 Å². The molecule has 0 unspecified atom stereocenters. The van der Waals surface area contributed by atoms with Crippen LogP contribution in [0.3, 0.4) is 0 Å². The van der Waals surface area contributed by atoms with Crippen LogP contribution in [0, 0.1) is 6.92 Å². The maximum Gasteiger partial charge on any atom is 0.276 e. The minimum Gasteiger partial charge on any atom is -0.482 e. The van der Waals surface area contributed by atoms with E-state index in [1.54, 1.807) is 12.1 Å². The second-order valence-electron chi connectivity index (χ2n) is 6.47. The van der Waals surface area contributed by atoms with Crippen molar-refractivity contribution in [2.45, 2.75) is 19.8 Å². The minimum absolute atomic E-state index is 0.182. The zero-order valence-electron chi connectivity index (χ0n) is 15.1. The van der Waals surface area contributed by atoms with Gasteiger partial charge in [0.25, 0.3) is 11.8 Å². The number of hydrogen-bond acceptors (Lipinski definition) is 4. The summed E-state index contributed by atoms with van der Waals surface area (Å²) in [7, 11) is 0. The molecule has 0 aliphatic carbocycles. The summed E-state index contributed by atoms with van der Waals surface area (Å²) in [6, 6.07) is 13.4. The third-order valence-electron chi connectivity index (χ3n) is 4.33. The van der Waals surface area contributed by atoms with E-state index < -0.39 is 5.91 Å². The predicted molar refractivity (Wildman–Crippen MR) is 105 cm³/mol. The molecule has 1 heterocycles. The average molecular weight is 388 g/mol. The molecule has 7 heteroatoms. The highest BCUT2D eigenvalue weighted by molar-refractivity contribution is 6.32. The van der Waals surface area contributed by atoms with Crippen LogP contribution in [0.5, 0.6) is 5.75 Å². The molecule has 2 amide bonds. The van der Waals surface area contributed by atoms with Gasteiger partial charge >= 0.3 is 0 Å². The van der Waals surface area contributed by atoms with Gasteiger partial charge in [-0.1, -0.05) is 35.9 Å². The van der Waals surface area contributed by atoms with E-state index in [1.807, 2.05) is 36.1 Å². The fourth-order valence-electron chi connectivity index (χ4n) is 3.03. The Morgan fingerprint density at radius 3 is 2.78 bits per heavy atom. The van der Waals surface area contributed by atoms with Gasteiger partial charge in [-0.15, -0.1) is 0 Å². The van der Waals surface area contributed by atoms with Gasteiger partial charge in [0.1, 0.15) is 5.75 Å². The first kappa shape index (κ1) is 19.0. The lowest BCUT2D eigenvalue weighted by molar-refractivity contribution is -0.129. The Morgan fingerprint density at radius 2 is 1.93 bits per heavy atom. The number of carbonyl (C=O) groups is 2. The first-order chi connectivity index (χ1) is 13.0. The van der Waals surface area contributed by atoms with E-state index in [1.165, 1.54) is 5.56 Å². The molecular weight excluding hydrogens is 366 g/mol. The van der Waals surface area contributed by atoms with Crippen molar-refractivity contribution in [2.75, 3.05) is 24.6 Å². The molecule has 2 aromatic carbocycles. The van der Waals surface area contributed by atoms with Gasteiger partial charge in [-0.05, 0) is 49.1 Å². The number of nitrogens with zero attached hydrogens (tertiary/aromatic N) is 1. The van der Waals surface area contributed by atoms with Crippen molar-refractivity contribution in [2.24, 2.45) is 0 Å². The Kier molecular flexibility index (Phi) is 6.19. The van der Waals surface area contributed by atoms with Crippen LogP contribution in [-0.2, 0) is 16.0 Å². The number of rotatable bonds is 5. The minimum atomic E-state index is -0.458. The summed E-state index contributed by atoms with van der Waals surface area (Å²) in [5.41, 5.74) is 8.09. The van der Waals surface area contributed by atoms with Crippen molar-refractivity contribution < 1.29 is 14.3 Å². The number of para-hydroxylation sites is 1. The van der Waals surface area contributed by atoms with E-state index in [2.05, 4.69) is 16.9 Å². The Morgan fingerprint density at radius 1 is 1.15 bits per heavy atom. The second kappa shape index (κ2) is 8.77. The molecule has 142 valence electrons. The summed E-state index contributed by atoms with van der Waals surface area (Å²) in [6.07, 6.45) is 2.02. The van der Waals surface area contributed by atoms with Gasteiger partial charge in [-0.3, -0.25) is 20.4 Å². The number of ether oxygens (including phenoxy) is 1. The van der Waals surface area contributed by atoms with Crippen LogP contribution in [-0.4, -0.2) is 31.5 Å². The molecule has 0 fully saturated rings. The van der Waals surface area contributed by atoms with Gasteiger partial charge in [0.15, 0.2) is 6.61 Å². The Hall–Kier alpha value is -2.73. The molecular formula is C20H22ClN3O3. The number of anilines is 1. The lowest BCUT2D eigenvalue weighted by Crippen LogP contribution is -2.48. The Bertz CT molecular complexity index is 841. The van der Waals surface area contributed by atoms with Crippen molar-refractivity contribution in [3.05, 3.63) is 58.6 Å². The fraction of sp³-hybridized carbons (Fsp3) is 0.300. The number of benzene rings is 2. The Labute approximate surface area is 163 Å². The van der Waals surface area contributed by atoms with E-state index in [-0.39, 0.29) is 19.1 Å². The molecule has 0 atom stereocenters. The predicted octanol–water partition coefficient (Wildman–Crippen LogP) is 2.63. The van der Waals surface area contributed by atoms with Gasteiger partial charge in [0, 0.05) is 12.2 Å². The van der Waals surface area contributed by atoms with E-state index >= 15 is 0 Å². The number of halogens is 1. The largest absolute Gasteiger partial charge is 0.482 e. The monoisotopic (exact) mass is 387 g/mol. The first-order valence-corrected chi connectivity index (χ1v) is 9.20. The summed E-state index contributed by atoms with van der Waals surface area (Å²) < 4.78 is 5.40. The van der Waals surface area contributed by atoms with Crippen LogP contribution in [0.1, 0.15) is 17.5 Å². The molecule has 0 saturated carbocycles. The topological polar surface area (TPSA) is 70.7 Å². The summed E-state index contributed by atoms with van der Waals surface area (Å²) in [5, 5.41) is 0.432. The van der Waals surface area contributed by atoms with E-state index in [0.717, 1.165) is 30.6 Å². The normalized spacial score (nSPS) is 12.9. The zero-order chi connectivity index (χ0) is 19.2. The number of nitrogens with one attached hydrogen (secondary N) is 2. The van der Waals surface area contributed by atoms with Crippen molar-refractivity contribution in [1.82, 2.24) is 10.9 Å². The highest BCUT2D eigenvalue weighted by Crippen LogP contribution is 2.26. The lowest BCUT2D eigenvalue weighted by atomic mass is 10.0. The summed E-state index contributed by atoms with van der Waals surface area (Å²) >= 11 is 6.02. The van der Waals surface area contributed by atoms with Crippen LogP contribution in [0.2, 0.25) is 5.02 Å². The summed E-state index contributed by atoms with van der Waals surface area (Å²) in [6.45, 7) is 2.66. The number of hydrazine groups is 1. The van der Waals surface area contributed by atoms with Crippen LogP contribution in [0.4, 0.5) is 5.69 Å². The van der Waals surface area contributed by atoms with Gasteiger partial charge in [-0.25, -0.2) is 0 Å². The van der Waals surface area contributed by atoms with Crippen molar-refractivity contribution in [3.8, 4) is 5.75 Å². The third-order valence-corrected chi connectivity index (χ3v) is 4.64. The molecule has 2 aromatic rings. The van der Waals surface area contributed by atoms with Crippen LogP contribution in [0.15, 0.2) is 42.5 Å². The quantitative estimate of drug-likeness (QED) is 0.774. The van der Waals surface area contributed by atoms with Gasteiger partial charge in [-0.2, -0.15) is 0 Å². The van der Waals surface area contributed by atoms with Gasteiger partial charge in [0.2, 0.25) is 0 Å². The smallest absolute Gasteiger partial charge is 0.276 e. The first-order valence-electron chi connectivity index (χ1n) is 8.82. The van der Waals surface area contributed by atoms with E-state index in [4.69, 9.17) is 16.3 Å². The molecule has 0 saturated heterocycles. The van der Waals surface area contributed by atoms with E-state index in [9.17, 15) is 9.59 Å². The maximum absolute atomic E-state index is 12.2. The molecule has 0 spiro atoms. The molecule has 0 aromatic heterocycles. The number of amides is 2. The number of carbonyl (C=O) groups excluding carboxylic acids is 2. The Balaban J connectivity index is 1.45. The maximum atomic E-state index is 12.2. The number of fused-ring (bicyclic) bond motifs is 1. The van der Waals surface area contributed by atoms with Crippen LogP contribution < -0.4 is 20.5 Å². The second-order valence-corrected chi connectivity index (χ2v) is 6.88. The van der Waals surface area contributed by atoms with Crippen LogP contribution in [0.25, 0.3) is 0 Å². The standard InChI is InChI=1S/C20H22ClN3O3/c1-14-8-9-16(21)18(11-14)27-13-20(26)23-22-19(25)12-24-10-4-6-15-5-2-3-7-17(15)24/h2-3,5,7-9,11H,4,6,10,12-13H2,1H3,(H,22,25)(H,23,26). The molecule has 6 nitrogen and oxygen atoms in total. The lowest BCUT2D eigenvalue weighted by Gasteiger charge is -2.30. The summed E-state index contributed by atoms with van der Waals surface area (Å²) in [4.78, 5) is 26.1. The average Bonchev–Trinajstić information content (AvgIpc) is 2.67. The van der Waals surface area contributed by atoms with Crippen molar-refractivity contribution >= 4 is 29.1 Å². The van der Waals surface area contributed by atoms with Gasteiger partial charge < -0.3 is 9.64 Å². The fourth-order valence-corrected chi connectivity index (χ4v) is 3.20. The third kappa shape index (κ3) is 5.14.